The van der Waals surface area contributed by atoms with E-state index in [1.54, 1.807) is 6.07 Å². The highest BCUT2D eigenvalue weighted by Crippen LogP contribution is 2.29. The molecule has 1 saturated heterocycles. The van der Waals surface area contributed by atoms with Crippen LogP contribution < -0.4 is 10.6 Å². The quantitative estimate of drug-likeness (QED) is 0.876. The molecule has 0 spiro atoms. The predicted molar refractivity (Wildman–Crippen MR) is 76.6 cm³/mol. The maximum absolute atomic E-state index is 13.8. The molecule has 19 heavy (non-hydrogen) atoms. The van der Waals surface area contributed by atoms with Crippen LogP contribution in [0.15, 0.2) is 12.1 Å². The molecule has 3 nitrogen and oxygen atoms in total. The standard InChI is InChI=1S/C14H19FN2O.ClH/c1-9-7-13(15)12(14(18)16-2)8-11(9)10-3-5-17-6-4-10;/h7-8,10,17H,3-6H2,1-2H3,(H,16,18);1H. The van der Waals surface area contributed by atoms with Gasteiger partial charge in [-0.15, -0.1) is 12.4 Å². The first-order valence-corrected chi connectivity index (χ1v) is 6.36. The van der Waals surface area contributed by atoms with Gasteiger partial charge < -0.3 is 10.6 Å². The van der Waals surface area contributed by atoms with Crippen LogP contribution in [-0.4, -0.2) is 26.0 Å². The molecule has 2 rings (SSSR count). The summed E-state index contributed by atoms with van der Waals surface area (Å²) in [5, 5.41) is 5.79. The van der Waals surface area contributed by atoms with Crippen molar-refractivity contribution in [2.24, 2.45) is 0 Å². The summed E-state index contributed by atoms with van der Waals surface area (Å²) in [6, 6.07) is 3.20. The van der Waals surface area contributed by atoms with Gasteiger partial charge >= 0.3 is 0 Å². The molecular formula is C14H20ClFN2O. The minimum Gasteiger partial charge on any atom is -0.355 e. The topological polar surface area (TPSA) is 41.1 Å². The van der Waals surface area contributed by atoms with Gasteiger partial charge in [0.05, 0.1) is 5.56 Å². The van der Waals surface area contributed by atoms with Crippen LogP contribution in [0.2, 0.25) is 0 Å². The SMILES string of the molecule is CNC(=O)c1cc(C2CCNCC2)c(C)cc1F.Cl. The number of hydrogen-bond donors (Lipinski definition) is 2. The molecule has 0 aliphatic carbocycles. The number of aryl methyl sites for hydroxylation is 1. The number of halogens is 2. The van der Waals surface area contributed by atoms with E-state index in [0.717, 1.165) is 37.1 Å². The molecule has 5 heteroatoms. The number of rotatable bonds is 2. The highest BCUT2D eigenvalue weighted by Gasteiger charge is 2.20. The number of nitrogens with one attached hydrogen (secondary N) is 2. The van der Waals surface area contributed by atoms with Crippen LogP contribution in [-0.2, 0) is 0 Å². The normalized spacial score (nSPS) is 15.7. The highest BCUT2D eigenvalue weighted by atomic mass is 35.5. The first-order chi connectivity index (χ1) is 8.63. The Kier molecular flexibility index (Phi) is 5.76. The van der Waals surface area contributed by atoms with Gasteiger partial charge in [-0.1, -0.05) is 0 Å². The number of amides is 1. The number of hydrogen-bond acceptors (Lipinski definition) is 2. The lowest BCUT2D eigenvalue weighted by Crippen LogP contribution is -2.27. The molecule has 0 radical (unpaired) electrons. The van der Waals surface area contributed by atoms with E-state index in [-0.39, 0.29) is 23.9 Å². The molecule has 1 aromatic carbocycles. The Bertz CT molecular complexity index is 459. The minimum atomic E-state index is -0.440. The molecule has 1 aliphatic heterocycles. The van der Waals surface area contributed by atoms with Crippen LogP contribution >= 0.6 is 12.4 Å². The molecule has 1 amide bonds. The Morgan fingerprint density at radius 1 is 1.37 bits per heavy atom. The average Bonchev–Trinajstić information content (AvgIpc) is 2.39. The zero-order valence-electron chi connectivity index (χ0n) is 11.3. The van der Waals surface area contributed by atoms with Gasteiger partial charge in [-0.2, -0.15) is 0 Å². The monoisotopic (exact) mass is 286 g/mol. The maximum Gasteiger partial charge on any atom is 0.254 e. The summed E-state index contributed by atoms with van der Waals surface area (Å²) in [5.74, 6) is -0.373. The summed E-state index contributed by atoms with van der Waals surface area (Å²) < 4.78 is 13.8. The van der Waals surface area contributed by atoms with Gasteiger partial charge in [0.15, 0.2) is 0 Å². The second kappa shape index (κ2) is 6.87. The number of carbonyl (C=O) groups excluding carboxylic acids is 1. The molecule has 0 unspecified atom stereocenters. The first kappa shape index (κ1) is 15.9. The van der Waals surface area contributed by atoms with Crippen LogP contribution in [0.4, 0.5) is 4.39 Å². The highest BCUT2D eigenvalue weighted by molar-refractivity contribution is 5.94. The molecule has 106 valence electrons. The fourth-order valence-corrected chi connectivity index (χ4v) is 2.57. The Morgan fingerprint density at radius 2 is 2.00 bits per heavy atom. The third-order valence-corrected chi connectivity index (χ3v) is 3.61. The smallest absolute Gasteiger partial charge is 0.254 e. The van der Waals surface area contributed by atoms with E-state index in [0.29, 0.717) is 5.92 Å². The second-order valence-corrected chi connectivity index (χ2v) is 4.79. The van der Waals surface area contributed by atoms with Crippen molar-refractivity contribution in [3.8, 4) is 0 Å². The van der Waals surface area contributed by atoms with Gasteiger partial charge in [0.2, 0.25) is 0 Å². The van der Waals surface area contributed by atoms with Crippen molar-refractivity contribution in [2.45, 2.75) is 25.7 Å². The summed E-state index contributed by atoms with van der Waals surface area (Å²) in [5.41, 5.74) is 2.19. The lowest BCUT2D eigenvalue weighted by atomic mass is 9.86. The van der Waals surface area contributed by atoms with Crippen LogP contribution in [0.5, 0.6) is 0 Å². The fraction of sp³-hybridized carbons (Fsp3) is 0.500. The average molecular weight is 287 g/mol. The zero-order chi connectivity index (χ0) is 13.1. The van der Waals surface area contributed by atoms with Crippen molar-refractivity contribution in [2.75, 3.05) is 20.1 Å². The fourth-order valence-electron chi connectivity index (χ4n) is 2.57. The summed E-state index contributed by atoms with van der Waals surface area (Å²) in [7, 11) is 1.52. The Hall–Kier alpha value is -1.13. The summed E-state index contributed by atoms with van der Waals surface area (Å²) in [6.07, 6.45) is 2.08. The van der Waals surface area contributed by atoms with E-state index >= 15 is 0 Å². The van der Waals surface area contributed by atoms with Crippen molar-refractivity contribution in [3.05, 3.63) is 34.6 Å². The van der Waals surface area contributed by atoms with Gasteiger partial charge in [0.1, 0.15) is 5.82 Å². The van der Waals surface area contributed by atoms with E-state index < -0.39 is 5.82 Å². The van der Waals surface area contributed by atoms with Gasteiger partial charge in [-0.3, -0.25) is 4.79 Å². The van der Waals surface area contributed by atoms with Crippen molar-refractivity contribution in [1.29, 1.82) is 0 Å². The summed E-state index contributed by atoms with van der Waals surface area (Å²) in [4.78, 5) is 11.6. The lowest BCUT2D eigenvalue weighted by molar-refractivity contribution is 0.0959. The van der Waals surface area contributed by atoms with E-state index in [2.05, 4.69) is 10.6 Å². The molecule has 0 saturated carbocycles. The molecule has 1 heterocycles. The van der Waals surface area contributed by atoms with Crippen LogP contribution in [0.3, 0.4) is 0 Å². The summed E-state index contributed by atoms with van der Waals surface area (Å²) in [6.45, 7) is 3.88. The zero-order valence-corrected chi connectivity index (χ0v) is 12.1. The predicted octanol–water partition coefficient (Wildman–Crippen LogP) is 2.38. The van der Waals surface area contributed by atoms with E-state index in [1.807, 2.05) is 6.92 Å². The Balaban J connectivity index is 0.00000180. The van der Waals surface area contributed by atoms with Gasteiger partial charge in [-0.05, 0) is 62.0 Å². The first-order valence-electron chi connectivity index (χ1n) is 6.36. The van der Waals surface area contributed by atoms with Gasteiger partial charge in [0.25, 0.3) is 5.91 Å². The minimum absolute atomic E-state index is 0. The Labute approximate surface area is 119 Å². The third kappa shape index (κ3) is 3.45. The molecule has 1 aliphatic rings. The number of piperidine rings is 1. The maximum atomic E-state index is 13.8. The molecule has 2 N–H and O–H groups in total. The van der Waals surface area contributed by atoms with Crippen molar-refractivity contribution in [3.63, 3.8) is 0 Å². The van der Waals surface area contributed by atoms with Crippen LogP contribution in [0, 0.1) is 12.7 Å². The van der Waals surface area contributed by atoms with Crippen molar-refractivity contribution < 1.29 is 9.18 Å². The lowest BCUT2D eigenvalue weighted by Gasteiger charge is -2.25. The van der Waals surface area contributed by atoms with E-state index in [1.165, 1.54) is 13.1 Å². The third-order valence-electron chi connectivity index (χ3n) is 3.61. The molecule has 1 aromatic rings. The van der Waals surface area contributed by atoms with Crippen molar-refractivity contribution >= 4 is 18.3 Å². The molecular weight excluding hydrogens is 267 g/mol. The Morgan fingerprint density at radius 3 is 2.58 bits per heavy atom. The molecule has 0 aromatic heterocycles. The molecule has 0 bridgehead atoms. The van der Waals surface area contributed by atoms with Crippen molar-refractivity contribution in [1.82, 2.24) is 10.6 Å². The number of benzene rings is 1. The number of carbonyl (C=O) groups is 1. The second-order valence-electron chi connectivity index (χ2n) is 4.79. The van der Waals surface area contributed by atoms with Gasteiger partial charge in [-0.25, -0.2) is 4.39 Å². The largest absolute Gasteiger partial charge is 0.355 e. The molecule has 1 fully saturated rings. The van der Waals surface area contributed by atoms with E-state index in [9.17, 15) is 9.18 Å². The van der Waals surface area contributed by atoms with E-state index in [4.69, 9.17) is 0 Å². The molecule has 0 atom stereocenters. The van der Waals surface area contributed by atoms with Crippen LogP contribution in [0.25, 0.3) is 0 Å². The van der Waals surface area contributed by atoms with Gasteiger partial charge in [0, 0.05) is 7.05 Å². The van der Waals surface area contributed by atoms with Crippen LogP contribution in [0.1, 0.15) is 40.2 Å². The summed E-state index contributed by atoms with van der Waals surface area (Å²) >= 11 is 0.